The van der Waals surface area contributed by atoms with E-state index in [-0.39, 0.29) is 29.7 Å². The molecule has 3 aromatic rings. The third kappa shape index (κ3) is 6.12. The van der Waals surface area contributed by atoms with Crippen LogP contribution in [0.2, 0.25) is 0 Å². The van der Waals surface area contributed by atoms with Crippen molar-refractivity contribution in [3.05, 3.63) is 89.5 Å². The molecule has 0 saturated heterocycles. The van der Waals surface area contributed by atoms with Gasteiger partial charge < -0.3 is 22.1 Å². The summed E-state index contributed by atoms with van der Waals surface area (Å²) in [5.74, 6) is 0. The Bertz CT molecular complexity index is 1840. The summed E-state index contributed by atoms with van der Waals surface area (Å²) >= 11 is 0. The normalized spacial score (nSPS) is 14.6. The van der Waals surface area contributed by atoms with Crippen molar-refractivity contribution in [2.24, 2.45) is 16.9 Å². The number of hydrogen-bond acceptors (Lipinski definition) is 8. The molecule has 214 valence electrons. The van der Waals surface area contributed by atoms with E-state index in [2.05, 4.69) is 10.6 Å². The highest BCUT2D eigenvalue weighted by atomic mass is 32.2. The van der Waals surface area contributed by atoms with Gasteiger partial charge in [0.1, 0.15) is 0 Å². The molecular formula is C27H26N4O8S2. The highest BCUT2D eigenvalue weighted by Crippen LogP contribution is 2.41. The first-order valence-electron chi connectivity index (χ1n) is 12.0. The lowest BCUT2D eigenvalue weighted by atomic mass is 9.80. The average molecular weight is 599 g/mol. The molecule has 12 nitrogen and oxygen atoms in total. The fourth-order valence-corrected chi connectivity index (χ4v) is 5.60. The molecule has 8 N–H and O–H groups in total. The summed E-state index contributed by atoms with van der Waals surface area (Å²) < 4.78 is 67.8. The van der Waals surface area contributed by atoms with Crippen LogP contribution in [0.4, 0.5) is 11.4 Å². The van der Waals surface area contributed by atoms with Gasteiger partial charge in [-0.05, 0) is 63.9 Å². The minimum Gasteiger partial charge on any atom is -0.329 e. The van der Waals surface area contributed by atoms with Gasteiger partial charge in [-0.25, -0.2) is 0 Å². The zero-order chi connectivity index (χ0) is 30.0. The zero-order valence-corrected chi connectivity index (χ0v) is 22.9. The van der Waals surface area contributed by atoms with E-state index in [1.54, 1.807) is 36.4 Å². The van der Waals surface area contributed by atoms with Gasteiger partial charge >= 0.3 is 0 Å². The van der Waals surface area contributed by atoms with Crippen molar-refractivity contribution in [3.8, 4) is 0 Å². The molecular weight excluding hydrogens is 572 g/mol. The fourth-order valence-electron chi connectivity index (χ4n) is 4.54. The van der Waals surface area contributed by atoms with Crippen molar-refractivity contribution in [1.82, 2.24) is 0 Å². The van der Waals surface area contributed by atoms with Gasteiger partial charge in [0.05, 0.1) is 15.5 Å². The summed E-state index contributed by atoms with van der Waals surface area (Å²) in [4.78, 5) is 21.6. The van der Waals surface area contributed by atoms with E-state index in [0.29, 0.717) is 40.6 Å². The van der Waals surface area contributed by atoms with E-state index in [1.165, 1.54) is 18.2 Å². The van der Waals surface area contributed by atoms with Gasteiger partial charge in [-0.15, -0.1) is 0 Å². The van der Waals surface area contributed by atoms with Crippen LogP contribution in [-0.4, -0.2) is 51.9 Å². The van der Waals surface area contributed by atoms with Crippen LogP contribution in [-0.2, 0) is 29.8 Å². The van der Waals surface area contributed by atoms with Crippen LogP contribution in [0.5, 0.6) is 0 Å². The van der Waals surface area contributed by atoms with Gasteiger partial charge in [-0.3, -0.25) is 18.7 Å². The highest BCUT2D eigenvalue weighted by Gasteiger charge is 2.26. The van der Waals surface area contributed by atoms with Crippen molar-refractivity contribution in [2.75, 3.05) is 23.7 Å². The lowest BCUT2D eigenvalue weighted by Gasteiger charge is -2.27. The largest absolute Gasteiger partial charge is 0.329 e. The molecule has 0 heterocycles. The first kappa shape index (κ1) is 29.8. The third-order valence-corrected chi connectivity index (χ3v) is 8.41. The molecule has 0 saturated carbocycles. The monoisotopic (exact) mass is 598 g/mol. The van der Waals surface area contributed by atoms with Crippen LogP contribution in [0.3, 0.4) is 0 Å². The van der Waals surface area contributed by atoms with E-state index in [4.69, 9.17) is 11.5 Å². The van der Waals surface area contributed by atoms with E-state index in [9.17, 15) is 35.5 Å². The Labute approximate surface area is 235 Å². The van der Waals surface area contributed by atoms with Crippen LogP contribution in [0, 0.1) is 5.41 Å². The van der Waals surface area contributed by atoms with Crippen molar-refractivity contribution in [2.45, 2.75) is 9.79 Å². The minimum atomic E-state index is -4.80. The number of amides is 2. The third-order valence-electron chi connectivity index (χ3n) is 6.73. The average Bonchev–Trinajstić information content (AvgIpc) is 2.93. The molecule has 0 aromatic heterocycles. The van der Waals surface area contributed by atoms with Crippen LogP contribution in [0.15, 0.2) is 88.2 Å². The number of benzene rings is 3. The Kier molecular flexibility index (Phi) is 8.26. The maximum absolute atomic E-state index is 12.3. The lowest BCUT2D eigenvalue weighted by Crippen LogP contribution is -2.35. The van der Waals surface area contributed by atoms with E-state index in [0.717, 1.165) is 18.2 Å². The Hall–Kier alpha value is -4.18. The fraction of sp³-hybridized carbons (Fsp3) is 0.111. The summed E-state index contributed by atoms with van der Waals surface area (Å²) in [6.07, 6.45) is 7.94. The van der Waals surface area contributed by atoms with Gasteiger partial charge in [0.25, 0.3) is 20.2 Å². The summed E-state index contributed by atoms with van der Waals surface area (Å²) in [5.41, 5.74) is 13.4. The maximum atomic E-state index is 12.3. The molecule has 0 radical (unpaired) electrons. The summed E-state index contributed by atoms with van der Waals surface area (Å²) in [6, 6.07) is 10.5. The number of allylic oxidation sites excluding steroid dienone is 3. The van der Waals surface area contributed by atoms with Crippen molar-refractivity contribution < 1.29 is 35.5 Å². The molecule has 41 heavy (non-hydrogen) atoms. The van der Waals surface area contributed by atoms with Crippen LogP contribution in [0.1, 0.15) is 11.1 Å². The highest BCUT2D eigenvalue weighted by molar-refractivity contribution is 7.86. The van der Waals surface area contributed by atoms with Gasteiger partial charge in [-0.1, -0.05) is 36.4 Å². The lowest BCUT2D eigenvalue weighted by molar-refractivity contribution is -0.106. The number of nitrogens with two attached hydrogens (primary N) is 2. The topological polar surface area (TPSA) is 219 Å². The molecule has 1 aliphatic rings. The second kappa shape index (κ2) is 11.4. The number of carbonyl (C=O) groups excluding carboxylic acids is 2. The van der Waals surface area contributed by atoms with Gasteiger partial charge in [-0.2, -0.15) is 16.8 Å². The Morgan fingerprint density at radius 3 is 1.95 bits per heavy atom. The maximum Gasteiger partial charge on any atom is 0.294 e. The van der Waals surface area contributed by atoms with Crippen LogP contribution in [0.25, 0.3) is 16.3 Å². The number of nitrogens with one attached hydrogen (secondary N) is 2. The zero-order valence-electron chi connectivity index (χ0n) is 21.3. The van der Waals surface area contributed by atoms with Gasteiger partial charge in [0, 0.05) is 29.8 Å². The SMILES string of the molecule is NCC1(CN)C=CC(=C(c2ccc(NC=O)cc2NC=O)c2cc(S(=O)(=O)O)cc3cc(S(=O)(=O)O)ccc23)C=C1. The molecule has 2 amide bonds. The van der Waals surface area contributed by atoms with Crippen molar-refractivity contribution in [3.63, 3.8) is 0 Å². The van der Waals surface area contributed by atoms with E-state index in [1.807, 2.05) is 0 Å². The standard InChI is InChI=1S/C27H26N4O8S2/c28-13-27(14-29)7-5-17(6-8-27)26(23-3-1-19(30-15-32)11-25(23)31-16-33)24-12-21(41(37,38)39)10-18-9-20(40(34,35)36)2-4-22(18)24/h1-12,15-16H,13-14,28-29H2,(H,30,32)(H,31,33)(H,34,35,36)(H,37,38,39). The number of rotatable bonds is 10. The van der Waals surface area contributed by atoms with E-state index >= 15 is 0 Å². The molecule has 0 unspecified atom stereocenters. The van der Waals surface area contributed by atoms with Crippen molar-refractivity contribution in [1.29, 1.82) is 0 Å². The molecule has 0 bridgehead atoms. The second-order valence-corrected chi connectivity index (χ2v) is 12.1. The molecule has 0 fully saturated rings. The molecule has 0 spiro atoms. The van der Waals surface area contributed by atoms with Crippen LogP contribution < -0.4 is 22.1 Å². The summed E-state index contributed by atoms with van der Waals surface area (Å²) in [6.45, 7) is 0.422. The number of hydrogen-bond donors (Lipinski definition) is 6. The summed E-state index contributed by atoms with van der Waals surface area (Å²) in [5, 5.41) is 5.52. The second-order valence-electron chi connectivity index (χ2n) is 9.23. The smallest absolute Gasteiger partial charge is 0.294 e. The Morgan fingerprint density at radius 2 is 1.39 bits per heavy atom. The molecule has 14 heteroatoms. The predicted molar refractivity (Wildman–Crippen MR) is 154 cm³/mol. The van der Waals surface area contributed by atoms with Gasteiger partial charge in [0.15, 0.2) is 0 Å². The van der Waals surface area contributed by atoms with Crippen LogP contribution >= 0.6 is 0 Å². The van der Waals surface area contributed by atoms with E-state index < -0.39 is 35.4 Å². The molecule has 0 aliphatic heterocycles. The number of anilines is 2. The molecule has 3 aromatic carbocycles. The van der Waals surface area contributed by atoms with Gasteiger partial charge in [0.2, 0.25) is 12.8 Å². The number of fused-ring (bicyclic) bond motifs is 1. The minimum absolute atomic E-state index is 0.0783. The quantitative estimate of drug-likeness (QED) is 0.148. The summed E-state index contributed by atoms with van der Waals surface area (Å²) in [7, 11) is -9.44. The Balaban J connectivity index is 2.16. The Morgan fingerprint density at radius 1 is 0.780 bits per heavy atom. The molecule has 0 atom stereocenters. The number of carbonyl (C=O) groups is 2. The van der Waals surface area contributed by atoms with Crippen molar-refractivity contribution >= 4 is 60.8 Å². The first-order chi connectivity index (χ1) is 19.4. The molecule has 1 aliphatic carbocycles. The predicted octanol–water partition coefficient (Wildman–Crippen LogP) is 2.30. The molecule has 4 rings (SSSR count). The first-order valence-corrected chi connectivity index (χ1v) is 14.8.